The van der Waals surface area contributed by atoms with Gasteiger partial charge in [-0.15, -0.1) is 0 Å². The molecule has 0 aliphatic carbocycles. The number of aromatic nitrogens is 3. The van der Waals surface area contributed by atoms with Gasteiger partial charge in [0.25, 0.3) is 0 Å². The minimum absolute atomic E-state index is 0.0412. The van der Waals surface area contributed by atoms with Crippen molar-refractivity contribution in [3.63, 3.8) is 0 Å². The Kier molecular flexibility index (Phi) is 6.02. The maximum atomic E-state index is 14.0. The molecule has 0 radical (unpaired) electrons. The number of amides is 1. The summed E-state index contributed by atoms with van der Waals surface area (Å²) in [6, 6.07) is 9.40. The van der Waals surface area contributed by atoms with Crippen LogP contribution in [0.1, 0.15) is 18.7 Å². The summed E-state index contributed by atoms with van der Waals surface area (Å²) in [6.45, 7) is 1.88. The Morgan fingerprint density at radius 2 is 1.81 bits per heavy atom. The summed E-state index contributed by atoms with van der Waals surface area (Å²) < 4.78 is 53.8. The topological polar surface area (TPSA) is 108 Å². The molecule has 0 saturated carbocycles. The highest BCUT2D eigenvalue weighted by Gasteiger charge is 2.33. The predicted octanol–water partition coefficient (Wildman–Crippen LogP) is 3.10. The molecule has 1 fully saturated rings. The molecule has 3 aromatic rings. The highest BCUT2D eigenvalue weighted by Crippen LogP contribution is 2.27. The molecule has 11 heteroatoms. The van der Waals surface area contributed by atoms with Gasteiger partial charge in [-0.1, -0.05) is 0 Å². The Labute approximate surface area is 183 Å². The van der Waals surface area contributed by atoms with Crippen LogP contribution in [0.15, 0.2) is 47.4 Å². The van der Waals surface area contributed by atoms with Gasteiger partial charge >= 0.3 is 0 Å². The first-order valence-corrected chi connectivity index (χ1v) is 11.4. The van der Waals surface area contributed by atoms with E-state index in [0.717, 1.165) is 22.0 Å². The molecule has 2 N–H and O–H groups in total. The van der Waals surface area contributed by atoms with E-state index < -0.39 is 32.5 Å². The first-order valence-electron chi connectivity index (χ1n) is 9.99. The van der Waals surface area contributed by atoms with E-state index in [4.69, 9.17) is 0 Å². The second-order valence-electron chi connectivity index (χ2n) is 7.56. The van der Waals surface area contributed by atoms with E-state index in [-0.39, 0.29) is 31.8 Å². The van der Waals surface area contributed by atoms with Crippen molar-refractivity contribution in [2.45, 2.75) is 24.7 Å². The maximum Gasteiger partial charge on any atom is 0.246 e. The zero-order valence-electron chi connectivity index (χ0n) is 17.2. The van der Waals surface area contributed by atoms with Crippen molar-refractivity contribution in [3.8, 4) is 11.4 Å². The average Bonchev–Trinajstić information content (AvgIpc) is 3.22. The summed E-state index contributed by atoms with van der Waals surface area (Å²) in [4.78, 5) is 16.2. The Bertz CT molecular complexity index is 1240. The average molecular weight is 461 g/mol. The molecule has 0 atom stereocenters. The summed E-state index contributed by atoms with van der Waals surface area (Å²) in [5.41, 5.74) is 1.40. The molecule has 2 heterocycles. The van der Waals surface area contributed by atoms with Crippen molar-refractivity contribution in [1.29, 1.82) is 0 Å². The summed E-state index contributed by atoms with van der Waals surface area (Å²) in [7, 11) is -4.18. The maximum absolute atomic E-state index is 14.0. The molecule has 4 rings (SSSR count). The van der Waals surface area contributed by atoms with Crippen molar-refractivity contribution >= 4 is 21.6 Å². The zero-order chi connectivity index (χ0) is 22.9. The minimum Gasteiger partial charge on any atom is -0.326 e. The predicted molar refractivity (Wildman–Crippen MR) is 113 cm³/mol. The fourth-order valence-corrected chi connectivity index (χ4v) is 5.14. The van der Waals surface area contributed by atoms with Gasteiger partial charge in [-0.3, -0.25) is 9.89 Å². The fourth-order valence-electron chi connectivity index (χ4n) is 3.59. The number of carbonyl (C=O) groups is 1. The van der Waals surface area contributed by atoms with Gasteiger partial charge < -0.3 is 5.32 Å². The number of hydrogen-bond acceptors (Lipinski definition) is 5. The lowest BCUT2D eigenvalue weighted by molar-refractivity contribution is -0.120. The first kappa shape index (κ1) is 22.0. The highest BCUT2D eigenvalue weighted by atomic mass is 32.2. The Morgan fingerprint density at radius 1 is 1.12 bits per heavy atom. The fraction of sp³-hybridized carbons (Fsp3) is 0.286. The largest absolute Gasteiger partial charge is 0.326 e. The van der Waals surface area contributed by atoms with E-state index in [1.807, 2.05) is 0 Å². The van der Waals surface area contributed by atoms with Crippen LogP contribution >= 0.6 is 0 Å². The molecule has 168 valence electrons. The summed E-state index contributed by atoms with van der Waals surface area (Å²) >= 11 is 0. The van der Waals surface area contributed by atoms with Crippen molar-refractivity contribution in [2.24, 2.45) is 5.92 Å². The second-order valence-corrected chi connectivity index (χ2v) is 9.47. The number of aryl methyl sites for hydroxylation is 1. The number of sulfonamides is 1. The van der Waals surface area contributed by atoms with E-state index in [1.165, 1.54) is 0 Å². The van der Waals surface area contributed by atoms with Crippen molar-refractivity contribution in [1.82, 2.24) is 19.5 Å². The number of halogens is 2. The number of piperidine rings is 1. The number of nitrogens with zero attached hydrogens (tertiary/aromatic N) is 3. The Hall–Kier alpha value is -3.18. The molecule has 0 unspecified atom stereocenters. The number of H-pyrrole nitrogens is 1. The molecule has 1 saturated heterocycles. The van der Waals surface area contributed by atoms with Gasteiger partial charge in [0.2, 0.25) is 15.9 Å². The molecule has 1 aliphatic heterocycles. The molecular formula is C21H21F2N5O3S. The van der Waals surface area contributed by atoms with Crippen LogP contribution in [0, 0.1) is 24.5 Å². The summed E-state index contributed by atoms with van der Waals surface area (Å²) in [6.07, 6.45) is 0.549. The van der Waals surface area contributed by atoms with Crippen molar-refractivity contribution < 1.29 is 22.0 Å². The monoisotopic (exact) mass is 461 g/mol. The molecule has 0 bridgehead atoms. The van der Waals surface area contributed by atoms with E-state index in [0.29, 0.717) is 23.4 Å². The molecule has 2 aromatic carbocycles. The normalized spacial score (nSPS) is 15.6. The lowest BCUT2D eigenvalue weighted by Gasteiger charge is -2.30. The quantitative estimate of drug-likeness (QED) is 0.607. The number of benzene rings is 2. The third-order valence-corrected chi connectivity index (χ3v) is 7.26. The Balaban J connectivity index is 1.37. The third-order valence-electron chi connectivity index (χ3n) is 5.34. The molecule has 8 nitrogen and oxygen atoms in total. The van der Waals surface area contributed by atoms with Crippen LogP contribution in [0.2, 0.25) is 0 Å². The van der Waals surface area contributed by atoms with Crippen LogP contribution in [-0.4, -0.2) is 46.9 Å². The van der Waals surface area contributed by atoms with Gasteiger partial charge in [0.1, 0.15) is 22.4 Å². The molecule has 0 spiro atoms. The third kappa shape index (κ3) is 4.53. The molecular weight excluding hydrogens is 440 g/mol. The van der Waals surface area contributed by atoms with Crippen LogP contribution in [0.4, 0.5) is 14.5 Å². The molecule has 1 aromatic heterocycles. The van der Waals surface area contributed by atoms with Gasteiger partial charge in [0.15, 0.2) is 5.82 Å². The van der Waals surface area contributed by atoms with Crippen LogP contribution in [0.25, 0.3) is 11.4 Å². The number of nitrogens with one attached hydrogen (secondary N) is 2. The summed E-state index contributed by atoms with van der Waals surface area (Å²) in [5.74, 6) is -1.19. The van der Waals surface area contributed by atoms with Crippen LogP contribution in [-0.2, 0) is 14.8 Å². The zero-order valence-corrected chi connectivity index (χ0v) is 18.0. The smallest absolute Gasteiger partial charge is 0.246 e. The number of hydrogen-bond donors (Lipinski definition) is 2. The highest BCUT2D eigenvalue weighted by molar-refractivity contribution is 7.89. The van der Waals surface area contributed by atoms with E-state index in [9.17, 15) is 22.0 Å². The lowest BCUT2D eigenvalue weighted by atomic mass is 9.97. The SMILES string of the molecule is Cc1nc(-c2ccc(NC(=O)C3CCN(S(=O)(=O)c4cc(F)ccc4F)CC3)cc2)n[nH]1. The second kappa shape index (κ2) is 8.75. The lowest BCUT2D eigenvalue weighted by Crippen LogP contribution is -2.41. The van der Waals surface area contributed by atoms with Gasteiger partial charge in [-0.25, -0.2) is 22.2 Å². The molecule has 1 amide bonds. The van der Waals surface area contributed by atoms with Gasteiger partial charge in [0.05, 0.1) is 0 Å². The van der Waals surface area contributed by atoms with E-state index in [1.54, 1.807) is 31.2 Å². The van der Waals surface area contributed by atoms with Crippen LogP contribution in [0.5, 0.6) is 0 Å². The number of anilines is 1. The number of carbonyl (C=O) groups excluding carboxylic acids is 1. The Morgan fingerprint density at radius 3 is 2.44 bits per heavy atom. The van der Waals surface area contributed by atoms with E-state index in [2.05, 4.69) is 20.5 Å². The first-order chi connectivity index (χ1) is 15.2. The van der Waals surface area contributed by atoms with Gasteiger partial charge in [-0.2, -0.15) is 9.40 Å². The minimum atomic E-state index is -4.18. The van der Waals surface area contributed by atoms with Gasteiger partial charge in [-0.05, 0) is 62.2 Å². The molecule has 32 heavy (non-hydrogen) atoms. The number of aromatic amines is 1. The standard InChI is InChI=1S/C21H21F2N5O3S/c1-13-24-20(27-26-13)14-2-5-17(6-3-14)25-21(29)15-8-10-28(11-9-15)32(30,31)19-12-16(22)4-7-18(19)23/h2-7,12,15H,8-11H2,1H3,(H,25,29)(H,24,26,27). The van der Waals surface area contributed by atoms with Crippen molar-refractivity contribution in [3.05, 3.63) is 59.9 Å². The van der Waals surface area contributed by atoms with Gasteiger partial charge in [0, 0.05) is 30.3 Å². The van der Waals surface area contributed by atoms with Crippen molar-refractivity contribution in [2.75, 3.05) is 18.4 Å². The van der Waals surface area contributed by atoms with Crippen LogP contribution in [0.3, 0.4) is 0 Å². The summed E-state index contributed by atoms with van der Waals surface area (Å²) in [5, 5.41) is 9.69. The molecule has 1 aliphatic rings. The van der Waals surface area contributed by atoms with E-state index >= 15 is 0 Å². The number of rotatable bonds is 5. The van der Waals surface area contributed by atoms with Crippen LogP contribution < -0.4 is 5.32 Å².